The molecule has 0 bridgehead atoms. The molecule has 3 nitrogen and oxygen atoms in total. The van der Waals surface area contributed by atoms with Crippen LogP contribution in [0.4, 0.5) is 0 Å². The average Bonchev–Trinajstić information content (AvgIpc) is 2.82. The van der Waals surface area contributed by atoms with Gasteiger partial charge in [-0.3, -0.25) is 4.79 Å². The lowest BCUT2D eigenvalue weighted by molar-refractivity contribution is 0.0712. The van der Waals surface area contributed by atoms with E-state index in [-0.39, 0.29) is 11.9 Å². The molecule has 0 saturated heterocycles. The summed E-state index contributed by atoms with van der Waals surface area (Å²) in [6.45, 7) is 8.84. The summed E-state index contributed by atoms with van der Waals surface area (Å²) in [6, 6.07) is 10.1. The van der Waals surface area contributed by atoms with Gasteiger partial charge in [0.2, 0.25) is 0 Å². The first-order chi connectivity index (χ1) is 9.26. The molecule has 1 aromatic carbocycles. The summed E-state index contributed by atoms with van der Waals surface area (Å²) in [6.07, 6.45) is 3.66. The maximum Gasteiger partial charge on any atom is 0.270 e. The van der Waals surface area contributed by atoms with Crippen LogP contribution >= 0.6 is 0 Å². The van der Waals surface area contributed by atoms with E-state index in [1.165, 1.54) is 0 Å². The van der Waals surface area contributed by atoms with Gasteiger partial charge in [-0.2, -0.15) is 0 Å². The van der Waals surface area contributed by atoms with Crippen LogP contribution < -0.4 is 0 Å². The van der Waals surface area contributed by atoms with Gasteiger partial charge in [0.05, 0.1) is 6.04 Å². The first-order valence-corrected chi connectivity index (χ1v) is 6.39. The minimum atomic E-state index is 0.0641. The monoisotopic (exact) mass is 252 g/mol. The SMILES string of the molecule is C=CCN1C[C@@H](C=C)n2c(cc3ccccc32)C1=O. The second kappa shape index (κ2) is 4.43. The van der Waals surface area contributed by atoms with Gasteiger partial charge < -0.3 is 9.47 Å². The summed E-state index contributed by atoms with van der Waals surface area (Å²) >= 11 is 0. The highest BCUT2D eigenvalue weighted by Crippen LogP contribution is 2.30. The Balaban J connectivity index is 2.21. The number of carbonyl (C=O) groups is 1. The molecule has 2 aromatic rings. The van der Waals surface area contributed by atoms with Crippen molar-refractivity contribution in [3.63, 3.8) is 0 Å². The van der Waals surface area contributed by atoms with Crippen LogP contribution in [0.3, 0.4) is 0 Å². The van der Waals surface area contributed by atoms with E-state index in [1.807, 2.05) is 41.3 Å². The summed E-state index contributed by atoms with van der Waals surface area (Å²) in [7, 11) is 0. The zero-order valence-corrected chi connectivity index (χ0v) is 10.7. The molecule has 19 heavy (non-hydrogen) atoms. The lowest BCUT2D eigenvalue weighted by Crippen LogP contribution is -2.42. The highest BCUT2D eigenvalue weighted by Gasteiger charge is 2.30. The van der Waals surface area contributed by atoms with Gasteiger partial charge in [-0.15, -0.1) is 13.2 Å². The minimum Gasteiger partial charge on any atom is -0.331 e. The van der Waals surface area contributed by atoms with Crippen LogP contribution in [0.2, 0.25) is 0 Å². The van der Waals surface area contributed by atoms with Crippen molar-refractivity contribution in [2.24, 2.45) is 0 Å². The summed E-state index contributed by atoms with van der Waals surface area (Å²) in [5, 5.41) is 1.10. The molecule has 0 radical (unpaired) electrons. The van der Waals surface area contributed by atoms with E-state index < -0.39 is 0 Å². The summed E-state index contributed by atoms with van der Waals surface area (Å²) in [5.74, 6) is 0.0641. The van der Waals surface area contributed by atoms with E-state index in [9.17, 15) is 4.79 Å². The first kappa shape index (κ1) is 11.8. The molecule has 3 rings (SSSR count). The first-order valence-electron chi connectivity index (χ1n) is 6.39. The number of rotatable bonds is 3. The lowest BCUT2D eigenvalue weighted by Gasteiger charge is -2.33. The average molecular weight is 252 g/mol. The predicted octanol–water partition coefficient (Wildman–Crippen LogP) is 3.01. The van der Waals surface area contributed by atoms with Crippen molar-refractivity contribution in [1.29, 1.82) is 0 Å². The molecule has 0 unspecified atom stereocenters. The third kappa shape index (κ3) is 1.70. The van der Waals surface area contributed by atoms with Crippen LogP contribution in [0.25, 0.3) is 10.9 Å². The highest BCUT2D eigenvalue weighted by atomic mass is 16.2. The molecule has 1 atom stereocenters. The topological polar surface area (TPSA) is 25.2 Å². The fraction of sp³-hybridized carbons (Fsp3) is 0.188. The number of benzene rings is 1. The van der Waals surface area contributed by atoms with Crippen molar-refractivity contribution >= 4 is 16.8 Å². The number of hydrogen-bond acceptors (Lipinski definition) is 1. The van der Waals surface area contributed by atoms with Crippen LogP contribution in [-0.2, 0) is 0 Å². The van der Waals surface area contributed by atoms with Gasteiger partial charge in [0.25, 0.3) is 5.91 Å². The Labute approximate surface area is 112 Å². The standard InChI is InChI=1S/C16H16N2O/c1-3-9-17-11-13(4-2)18-14-8-6-5-7-12(14)10-15(18)16(17)19/h3-8,10,13H,1-2,9,11H2/t13-/m1/s1. The Bertz CT molecular complexity index is 668. The molecule has 3 heteroatoms. The predicted molar refractivity (Wildman–Crippen MR) is 77.3 cm³/mol. The third-order valence-corrected chi connectivity index (χ3v) is 3.62. The van der Waals surface area contributed by atoms with Crippen molar-refractivity contribution in [1.82, 2.24) is 9.47 Å². The molecule has 0 spiro atoms. The fourth-order valence-electron chi connectivity index (χ4n) is 2.74. The van der Waals surface area contributed by atoms with Crippen LogP contribution in [0.15, 0.2) is 55.6 Å². The zero-order valence-electron chi connectivity index (χ0n) is 10.7. The van der Waals surface area contributed by atoms with E-state index in [0.29, 0.717) is 13.1 Å². The fourth-order valence-corrected chi connectivity index (χ4v) is 2.74. The Hall–Kier alpha value is -2.29. The Kier molecular flexibility index (Phi) is 2.75. The smallest absolute Gasteiger partial charge is 0.270 e. The summed E-state index contributed by atoms with van der Waals surface area (Å²) < 4.78 is 2.09. The van der Waals surface area contributed by atoms with Crippen molar-refractivity contribution in [3.8, 4) is 0 Å². The van der Waals surface area contributed by atoms with Gasteiger partial charge in [0.15, 0.2) is 0 Å². The van der Waals surface area contributed by atoms with Gasteiger partial charge in [0.1, 0.15) is 5.69 Å². The molecule has 0 saturated carbocycles. The maximum atomic E-state index is 12.5. The van der Waals surface area contributed by atoms with Gasteiger partial charge in [0, 0.05) is 24.0 Å². The normalized spacial score (nSPS) is 18.4. The van der Waals surface area contributed by atoms with E-state index in [0.717, 1.165) is 16.6 Å². The van der Waals surface area contributed by atoms with Crippen molar-refractivity contribution in [2.45, 2.75) is 6.04 Å². The highest BCUT2D eigenvalue weighted by molar-refractivity contribution is 5.99. The second-order valence-electron chi connectivity index (χ2n) is 4.76. The molecule has 0 aliphatic carbocycles. The van der Waals surface area contributed by atoms with Gasteiger partial charge >= 0.3 is 0 Å². The molecule has 2 heterocycles. The van der Waals surface area contributed by atoms with Crippen LogP contribution in [0, 0.1) is 0 Å². The van der Waals surface area contributed by atoms with Gasteiger partial charge in [-0.25, -0.2) is 0 Å². The lowest BCUT2D eigenvalue weighted by atomic mass is 10.1. The Morgan fingerprint density at radius 3 is 2.84 bits per heavy atom. The van der Waals surface area contributed by atoms with Crippen LogP contribution in [0.1, 0.15) is 16.5 Å². The van der Waals surface area contributed by atoms with Gasteiger partial charge in [-0.05, 0) is 12.1 Å². The molecule has 1 aromatic heterocycles. The van der Waals surface area contributed by atoms with E-state index in [2.05, 4.69) is 17.7 Å². The number of amides is 1. The van der Waals surface area contributed by atoms with Crippen molar-refractivity contribution in [3.05, 3.63) is 61.3 Å². The second-order valence-corrected chi connectivity index (χ2v) is 4.76. The molecule has 0 fully saturated rings. The zero-order chi connectivity index (χ0) is 13.4. The molecule has 1 amide bonds. The minimum absolute atomic E-state index is 0.0641. The van der Waals surface area contributed by atoms with Crippen molar-refractivity contribution in [2.75, 3.05) is 13.1 Å². The molecule has 1 aliphatic heterocycles. The Morgan fingerprint density at radius 1 is 1.32 bits per heavy atom. The van der Waals surface area contributed by atoms with Crippen LogP contribution in [-0.4, -0.2) is 28.5 Å². The van der Waals surface area contributed by atoms with E-state index in [1.54, 1.807) is 6.08 Å². The molecule has 96 valence electrons. The molecule has 0 N–H and O–H groups in total. The van der Waals surface area contributed by atoms with Gasteiger partial charge in [-0.1, -0.05) is 30.4 Å². The summed E-state index contributed by atoms with van der Waals surface area (Å²) in [5.41, 5.74) is 1.83. The number of fused-ring (bicyclic) bond motifs is 3. The number of aromatic nitrogens is 1. The number of carbonyl (C=O) groups excluding carboxylic acids is 1. The largest absolute Gasteiger partial charge is 0.331 e. The third-order valence-electron chi connectivity index (χ3n) is 3.62. The number of hydrogen-bond donors (Lipinski definition) is 0. The van der Waals surface area contributed by atoms with Crippen LogP contribution in [0.5, 0.6) is 0 Å². The molecular weight excluding hydrogens is 236 g/mol. The summed E-state index contributed by atoms with van der Waals surface area (Å²) in [4.78, 5) is 14.3. The van der Waals surface area contributed by atoms with E-state index in [4.69, 9.17) is 0 Å². The van der Waals surface area contributed by atoms with E-state index >= 15 is 0 Å². The quantitative estimate of drug-likeness (QED) is 0.771. The maximum absolute atomic E-state index is 12.5. The Morgan fingerprint density at radius 2 is 2.11 bits per heavy atom. The number of para-hydroxylation sites is 1. The molecular formula is C16H16N2O. The van der Waals surface area contributed by atoms with Crippen molar-refractivity contribution < 1.29 is 4.79 Å². The number of nitrogens with zero attached hydrogens (tertiary/aromatic N) is 2. The molecule has 1 aliphatic rings.